The molecule has 3 aromatic rings. The highest BCUT2D eigenvalue weighted by atomic mass is 16.7. The molecule has 0 saturated heterocycles. The van der Waals surface area contributed by atoms with Crippen molar-refractivity contribution in [2.45, 2.75) is 32.7 Å². The first kappa shape index (κ1) is 19.2. The molecule has 0 aliphatic heterocycles. The van der Waals surface area contributed by atoms with Crippen LogP contribution >= 0.6 is 0 Å². The molecule has 1 N–H and O–H groups in total. The highest BCUT2D eigenvalue weighted by molar-refractivity contribution is 6.01. The molecule has 1 heterocycles. The van der Waals surface area contributed by atoms with Crippen molar-refractivity contribution in [3.05, 3.63) is 48.0 Å². The van der Waals surface area contributed by atoms with Crippen molar-refractivity contribution in [1.82, 2.24) is 10.2 Å². The maximum Gasteiger partial charge on any atom is 0.189 e. The fraction of sp³-hybridized carbons (Fsp3) is 0.333. The Bertz CT molecular complexity index is 1050. The van der Waals surface area contributed by atoms with E-state index in [1.807, 2.05) is 37.3 Å². The molecule has 0 unspecified atom stereocenters. The first-order valence-electron chi connectivity index (χ1n) is 10.0. The van der Waals surface area contributed by atoms with Crippen molar-refractivity contribution in [3.63, 3.8) is 0 Å². The van der Waals surface area contributed by atoms with Crippen LogP contribution in [0, 0.1) is 18.3 Å². The third-order valence-corrected chi connectivity index (χ3v) is 5.31. The normalized spacial score (nSPS) is 18.1. The molecule has 0 atom stereocenters. The van der Waals surface area contributed by atoms with Gasteiger partial charge in [-0.2, -0.15) is 0 Å². The molecular weight excluding hydrogens is 362 g/mol. The van der Waals surface area contributed by atoms with E-state index in [9.17, 15) is 0 Å². The van der Waals surface area contributed by atoms with E-state index >= 15 is 0 Å². The summed E-state index contributed by atoms with van der Waals surface area (Å²) in [5.74, 6) is 4.90. The number of rotatable bonds is 7. The fourth-order valence-corrected chi connectivity index (χ4v) is 3.74. The average molecular weight is 387 g/mol. The Kier molecular flexibility index (Phi) is 5.64. The van der Waals surface area contributed by atoms with Crippen molar-refractivity contribution in [3.8, 4) is 29.4 Å². The highest BCUT2D eigenvalue weighted by Crippen LogP contribution is 2.37. The molecule has 1 saturated carbocycles. The van der Waals surface area contributed by atoms with Gasteiger partial charge in [0.25, 0.3) is 0 Å². The third kappa shape index (κ3) is 4.03. The molecule has 5 nitrogen and oxygen atoms in total. The Hall–Kier alpha value is -3.10. The second-order valence-electron chi connectivity index (χ2n) is 7.47. The van der Waals surface area contributed by atoms with Crippen LogP contribution in [-0.2, 0) is 4.74 Å². The van der Waals surface area contributed by atoms with Crippen molar-refractivity contribution >= 4 is 16.6 Å². The van der Waals surface area contributed by atoms with E-state index in [0.29, 0.717) is 18.4 Å². The number of hydrogen-bond acceptors (Lipinski definition) is 5. The zero-order valence-corrected chi connectivity index (χ0v) is 16.8. The van der Waals surface area contributed by atoms with Crippen molar-refractivity contribution in [1.29, 1.82) is 0 Å². The summed E-state index contributed by atoms with van der Waals surface area (Å²) >= 11 is 0. The fourth-order valence-electron chi connectivity index (χ4n) is 3.74. The summed E-state index contributed by atoms with van der Waals surface area (Å²) in [6.07, 6.45) is 7.91. The number of hydrogen-bond donors (Lipinski definition) is 1. The van der Waals surface area contributed by atoms with Crippen LogP contribution in [0.2, 0.25) is 0 Å². The molecule has 0 bridgehead atoms. The van der Waals surface area contributed by atoms with E-state index in [4.69, 9.17) is 15.9 Å². The van der Waals surface area contributed by atoms with E-state index in [1.54, 1.807) is 0 Å². The summed E-state index contributed by atoms with van der Waals surface area (Å²) in [6.45, 7) is 4.93. The van der Waals surface area contributed by atoms with Crippen molar-refractivity contribution in [2.75, 3.05) is 18.7 Å². The van der Waals surface area contributed by atoms with Gasteiger partial charge in [-0.25, -0.2) is 0 Å². The van der Waals surface area contributed by atoms with Gasteiger partial charge in [0.05, 0.1) is 0 Å². The van der Waals surface area contributed by atoms with Gasteiger partial charge in [0.1, 0.15) is 11.4 Å². The lowest BCUT2D eigenvalue weighted by atomic mass is 9.82. The lowest BCUT2D eigenvalue weighted by molar-refractivity contribution is 0.0227. The number of benzene rings is 2. The molecule has 2 aromatic carbocycles. The standard InChI is InChI=1S/C24H25N3O2/c1-4-17-10-11-21(22(14-17)29-15-28-5-2)23-19-8-6-7-9-20(19)24(27-26-23)25-18-12-16(3)13-18/h1,6-11,14,16,18H,5,12-13,15H2,2-3H3,(H,25,27)/t16-,18+. The van der Waals surface area contributed by atoms with Crippen LogP contribution in [0.3, 0.4) is 0 Å². The van der Waals surface area contributed by atoms with Crippen molar-refractivity contribution in [2.24, 2.45) is 5.92 Å². The first-order chi connectivity index (χ1) is 14.2. The molecule has 148 valence electrons. The number of ether oxygens (including phenoxy) is 2. The number of nitrogens with zero attached hydrogens (tertiary/aromatic N) is 2. The number of anilines is 1. The molecule has 29 heavy (non-hydrogen) atoms. The molecule has 0 spiro atoms. The molecule has 1 fully saturated rings. The summed E-state index contributed by atoms with van der Waals surface area (Å²) in [5, 5.41) is 14.7. The summed E-state index contributed by atoms with van der Waals surface area (Å²) in [6, 6.07) is 14.3. The molecular formula is C24H25N3O2. The van der Waals surface area contributed by atoms with Crippen LogP contribution in [0.5, 0.6) is 5.75 Å². The van der Waals surface area contributed by atoms with Crippen molar-refractivity contribution < 1.29 is 9.47 Å². The largest absolute Gasteiger partial charge is 0.467 e. The smallest absolute Gasteiger partial charge is 0.189 e. The van der Waals surface area contributed by atoms with Crippen LogP contribution in [-0.4, -0.2) is 29.6 Å². The van der Waals surface area contributed by atoms with Crippen LogP contribution in [0.4, 0.5) is 5.82 Å². The molecule has 1 aromatic heterocycles. The Balaban J connectivity index is 1.75. The summed E-state index contributed by atoms with van der Waals surface area (Å²) in [7, 11) is 0. The molecule has 4 rings (SSSR count). The lowest BCUT2D eigenvalue weighted by Crippen LogP contribution is -2.34. The van der Waals surface area contributed by atoms with E-state index in [0.717, 1.165) is 39.3 Å². The number of nitrogens with one attached hydrogen (secondary N) is 1. The number of terminal acetylenes is 1. The summed E-state index contributed by atoms with van der Waals surface area (Å²) in [4.78, 5) is 0. The van der Waals surface area contributed by atoms with Crippen LogP contribution in [0.25, 0.3) is 22.0 Å². The first-order valence-corrected chi connectivity index (χ1v) is 10.0. The van der Waals surface area contributed by atoms with Gasteiger partial charge < -0.3 is 14.8 Å². The molecule has 1 aliphatic carbocycles. The average Bonchev–Trinajstić information content (AvgIpc) is 2.73. The minimum absolute atomic E-state index is 0.155. The zero-order valence-electron chi connectivity index (χ0n) is 16.8. The van der Waals surface area contributed by atoms with Gasteiger partial charge in [-0.05, 0) is 43.9 Å². The molecule has 1 aliphatic rings. The number of aromatic nitrogens is 2. The Labute approximate surface area is 171 Å². The molecule has 5 heteroatoms. The van der Waals surface area contributed by atoms with Crippen LogP contribution in [0.1, 0.15) is 32.3 Å². The summed E-state index contributed by atoms with van der Waals surface area (Å²) in [5.41, 5.74) is 2.36. The maximum absolute atomic E-state index is 5.86. The highest BCUT2D eigenvalue weighted by Gasteiger charge is 2.26. The van der Waals surface area contributed by atoms with E-state index < -0.39 is 0 Å². The number of fused-ring (bicyclic) bond motifs is 1. The predicted octanol–water partition coefficient (Wildman–Crippen LogP) is 4.86. The van der Waals surface area contributed by atoms with Gasteiger partial charge in [0, 0.05) is 34.5 Å². The van der Waals surface area contributed by atoms with Gasteiger partial charge in [0.15, 0.2) is 12.6 Å². The zero-order chi connectivity index (χ0) is 20.2. The lowest BCUT2D eigenvalue weighted by Gasteiger charge is -2.33. The predicted molar refractivity (Wildman–Crippen MR) is 116 cm³/mol. The Morgan fingerprint density at radius 1 is 1.14 bits per heavy atom. The minimum Gasteiger partial charge on any atom is -0.467 e. The quantitative estimate of drug-likeness (QED) is 0.356. The second-order valence-corrected chi connectivity index (χ2v) is 7.47. The van der Waals surface area contributed by atoms with E-state index in [1.165, 1.54) is 12.8 Å². The maximum atomic E-state index is 5.86. The second kappa shape index (κ2) is 8.50. The Morgan fingerprint density at radius 2 is 1.93 bits per heavy atom. The molecule has 0 amide bonds. The van der Waals surface area contributed by atoms with Gasteiger partial charge in [-0.3, -0.25) is 0 Å². The third-order valence-electron chi connectivity index (χ3n) is 5.31. The van der Waals surface area contributed by atoms with E-state index in [-0.39, 0.29) is 6.79 Å². The topological polar surface area (TPSA) is 56.3 Å². The van der Waals surface area contributed by atoms with E-state index in [2.05, 4.69) is 40.5 Å². The summed E-state index contributed by atoms with van der Waals surface area (Å²) < 4.78 is 11.2. The van der Waals surface area contributed by atoms with Gasteiger partial charge in [0.2, 0.25) is 0 Å². The molecule has 0 radical (unpaired) electrons. The monoisotopic (exact) mass is 387 g/mol. The van der Waals surface area contributed by atoms with Gasteiger partial charge in [-0.1, -0.05) is 37.1 Å². The van der Waals surface area contributed by atoms with Crippen LogP contribution < -0.4 is 10.1 Å². The van der Waals surface area contributed by atoms with Crippen LogP contribution in [0.15, 0.2) is 42.5 Å². The SMILES string of the molecule is C#Cc1ccc(-c2nnc(N[C@H]3C[C@@H](C)C3)c3ccccc23)c(OCOCC)c1. The minimum atomic E-state index is 0.155. The van der Waals surface area contributed by atoms with Gasteiger partial charge >= 0.3 is 0 Å². The van der Waals surface area contributed by atoms with Gasteiger partial charge in [-0.15, -0.1) is 16.6 Å². The Morgan fingerprint density at radius 3 is 2.66 bits per heavy atom.